The number of rotatable bonds is 6. The Bertz CT molecular complexity index is 1100. The van der Waals surface area contributed by atoms with E-state index in [0.29, 0.717) is 13.1 Å². The number of amides is 1. The molecular formula is C19H21N5O4S. The van der Waals surface area contributed by atoms with Gasteiger partial charge in [-0.1, -0.05) is 12.1 Å². The molecule has 1 aliphatic rings. The van der Waals surface area contributed by atoms with Crippen molar-refractivity contribution < 1.29 is 17.6 Å². The molecule has 1 fully saturated rings. The van der Waals surface area contributed by atoms with Crippen LogP contribution in [0.3, 0.4) is 0 Å². The molecule has 0 saturated carbocycles. The van der Waals surface area contributed by atoms with Gasteiger partial charge in [0.1, 0.15) is 23.3 Å². The summed E-state index contributed by atoms with van der Waals surface area (Å²) in [6.07, 6.45) is 4.75. The molecule has 1 N–H and O–H groups in total. The van der Waals surface area contributed by atoms with Gasteiger partial charge in [0, 0.05) is 25.7 Å². The quantitative estimate of drug-likeness (QED) is 0.658. The molecule has 1 aromatic carbocycles. The average molecular weight is 415 g/mol. The second-order valence-electron chi connectivity index (χ2n) is 6.83. The number of benzene rings is 1. The van der Waals surface area contributed by atoms with Crippen molar-refractivity contribution in [1.82, 2.24) is 24.4 Å². The molecular weight excluding hydrogens is 394 g/mol. The second kappa shape index (κ2) is 7.80. The van der Waals surface area contributed by atoms with Crippen molar-refractivity contribution in [2.75, 3.05) is 13.1 Å². The maximum absolute atomic E-state index is 12.7. The molecule has 2 aromatic heterocycles. The highest BCUT2D eigenvalue weighted by atomic mass is 32.2. The lowest BCUT2D eigenvalue weighted by atomic mass is 10.2. The highest BCUT2D eigenvalue weighted by molar-refractivity contribution is 7.89. The summed E-state index contributed by atoms with van der Waals surface area (Å²) < 4.78 is 34.0. The fourth-order valence-electron chi connectivity index (χ4n) is 3.28. The standard InChI is InChI=1S/C19H21N5O4S/c1-14-18(29(26,27)23-8-2-3-9-23)10-17(28-14)19(25)21-11-15-4-6-16(7-5-15)24-13-20-12-22-24/h4-7,10,12-13H,2-3,8-9,11H2,1H3,(H,21,25). The Morgan fingerprint density at radius 2 is 1.93 bits per heavy atom. The molecule has 29 heavy (non-hydrogen) atoms. The number of hydrogen-bond acceptors (Lipinski definition) is 6. The maximum atomic E-state index is 12.7. The van der Waals surface area contributed by atoms with Crippen LogP contribution in [0.25, 0.3) is 5.69 Å². The van der Waals surface area contributed by atoms with Crippen LogP contribution in [0, 0.1) is 6.92 Å². The lowest BCUT2D eigenvalue weighted by Crippen LogP contribution is -2.28. The molecule has 0 atom stereocenters. The molecule has 3 aromatic rings. The first-order valence-corrected chi connectivity index (χ1v) is 10.7. The van der Waals surface area contributed by atoms with E-state index in [9.17, 15) is 13.2 Å². The Morgan fingerprint density at radius 3 is 2.59 bits per heavy atom. The van der Waals surface area contributed by atoms with Gasteiger partial charge in [-0.15, -0.1) is 0 Å². The van der Waals surface area contributed by atoms with Crippen molar-refractivity contribution in [2.45, 2.75) is 31.2 Å². The van der Waals surface area contributed by atoms with Crippen LogP contribution in [0.15, 0.2) is 52.3 Å². The average Bonchev–Trinajstić information content (AvgIpc) is 3.48. The molecule has 0 radical (unpaired) electrons. The van der Waals surface area contributed by atoms with Crippen molar-refractivity contribution in [3.05, 3.63) is 60.1 Å². The SMILES string of the molecule is Cc1oc(C(=O)NCc2ccc(-n3cncn3)cc2)cc1S(=O)(=O)N1CCCC1. The Kier molecular flexibility index (Phi) is 5.20. The Labute approximate surface area is 168 Å². The third kappa shape index (κ3) is 3.94. The summed E-state index contributed by atoms with van der Waals surface area (Å²) in [5, 5.41) is 6.81. The van der Waals surface area contributed by atoms with E-state index in [1.165, 1.54) is 16.7 Å². The number of nitrogens with one attached hydrogen (secondary N) is 1. The summed E-state index contributed by atoms with van der Waals surface area (Å²) in [6.45, 7) is 2.84. The molecule has 1 saturated heterocycles. The van der Waals surface area contributed by atoms with Crippen molar-refractivity contribution in [3.8, 4) is 5.69 Å². The first kappa shape index (κ1) is 19.3. The molecule has 1 aliphatic heterocycles. The molecule has 152 valence electrons. The fraction of sp³-hybridized carbons (Fsp3) is 0.316. The van der Waals surface area contributed by atoms with Crippen LogP contribution in [0.5, 0.6) is 0 Å². The Morgan fingerprint density at radius 1 is 1.21 bits per heavy atom. The van der Waals surface area contributed by atoms with E-state index in [-0.39, 0.29) is 23.0 Å². The normalized spacial score (nSPS) is 14.9. The Balaban J connectivity index is 1.43. The minimum atomic E-state index is -3.63. The van der Waals surface area contributed by atoms with E-state index in [0.717, 1.165) is 24.1 Å². The number of furan rings is 1. The number of aromatic nitrogens is 3. The van der Waals surface area contributed by atoms with Gasteiger partial charge in [-0.25, -0.2) is 18.1 Å². The van der Waals surface area contributed by atoms with Crippen molar-refractivity contribution in [1.29, 1.82) is 0 Å². The zero-order valence-corrected chi connectivity index (χ0v) is 16.7. The number of nitrogens with zero attached hydrogens (tertiary/aromatic N) is 4. The third-order valence-electron chi connectivity index (χ3n) is 4.85. The summed E-state index contributed by atoms with van der Waals surface area (Å²) >= 11 is 0. The van der Waals surface area contributed by atoms with E-state index < -0.39 is 15.9 Å². The number of carbonyl (C=O) groups is 1. The maximum Gasteiger partial charge on any atom is 0.287 e. The molecule has 10 heteroatoms. The van der Waals surface area contributed by atoms with Crippen LogP contribution in [-0.2, 0) is 16.6 Å². The van der Waals surface area contributed by atoms with Gasteiger partial charge in [0.2, 0.25) is 10.0 Å². The van der Waals surface area contributed by atoms with Crippen LogP contribution in [-0.4, -0.2) is 46.5 Å². The van der Waals surface area contributed by atoms with Crippen LogP contribution >= 0.6 is 0 Å². The first-order valence-electron chi connectivity index (χ1n) is 9.28. The van der Waals surface area contributed by atoms with E-state index >= 15 is 0 Å². The summed E-state index contributed by atoms with van der Waals surface area (Å²) in [6, 6.07) is 8.79. The van der Waals surface area contributed by atoms with Crippen molar-refractivity contribution in [2.24, 2.45) is 0 Å². The molecule has 3 heterocycles. The highest BCUT2D eigenvalue weighted by Gasteiger charge is 2.31. The predicted octanol–water partition coefficient (Wildman–Crippen LogP) is 1.88. The largest absolute Gasteiger partial charge is 0.455 e. The highest BCUT2D eigenvalue weighted by Crippen LogP contribution is 2.26. The molecule has 1 amide bonds. The molecule has 0 bridgehead atoms. The van der Waals surface area contributed by atoms with Gasteiger partial charge in [0.15, 0.2) is 5.76 Å². The summed E-state index contributed by atoms with van der Waals surface area (Å²) in [5.74, 6) is -0.255. The zero-order valence-electron chi connectivity index (χ0n) is 15.9. The smallest absolute Gasteiger partial charge is 0.287 e. The number of hydrogen-bond donors (Lipinski definition) is 1. The third-order valence-corrected chi connectivity index (χ3v) is 6.86. The van der Waals surface area contributed by atoms with E-state index in [4.69, 9.17) is 4.42 Å². The number of sulfonamides is 1. The number of aryl methyl sites for hydroxylation is 1. The minimum absolute atomic E-state index is 0.0143. The van der Waals surface area contributed by atoms with E-state index in [1.54, 1.807) is 17.9 Å². The van der Waals surface area contributed by atoms with Crippen LogP contribution in [0.1, 0.15) is 34.7 Å². The zero-order chi connectivity index (χ0) is 20.4. The van der Waals surface area contributed by atoms with Gasteiger partial charge in [-0.2, -0.15) is 9.40 Å². The van der Waals surface area contributed by atoms with Gasteiger partial charge < -0.3 is 9.73 Å². The molecule has 9 nitrogen and oxygen atoms in total. The molecule has 0 unspecified atom stereocenters. The van der Waals surface area contributed by atoms with E-state index in [1.807, 2.05) is 24.3 Å². The monoisotopic (exact) mass is 415 g/mol. The van der Waals surface area contributed by atoms with Gasteiger partial charge in [-0.05, 0) is 37.5 Å². The molecule has 0 aliphatic carbocycles. The lowest BCUT2D eigenvalue weighted by Gasteiger charge is -2.14. The number of carbonyl (C=O) groups excluding carboxylic acids is 1. The molecule has 0 spiro atoms. The summed E-state index contributed by atoms with van der Waals surface area (Å²) in [7, 11) is -3.63. The van der Waals surface area contributed by atoms with Gasteiger partial charge in [-0.3, -0.25) is 4.79 Å². The summed E-state index contributed by atoms with van der Waals surface area (Å²) in [4.78, 5) is 16.4. The second-order valence-corrected chi connectivity index (χ2v) is 8.74. The topological polar surface area (TPSA) is 110 Å². The molecule has 4 rings (SSSR count). The van der Waals surface area contributed by atoms with Crippen molar-refractivity contribution >= 4 is 15.9 Å². The minimum Gasteiger partial charge on any atom is -0.455 e. The predicted molar refractivity (Wildman–Crippen MR) is 104 cm³/mol. The van der Waals surface area contributed by atoms with E-state index in [2.05, 4.69) is 15.4 Å². The lowest BCUT2D eigenvalue weighted by molar-refractivity contribution is 0.0922. The fourth-order valence-corrected chi connectivity index (χ4v) is 4.96. The Hall–Kier alpha value is -2.98. The van der Waals surface area contributed by atoms with Crippen molar-refractivity contribution in [3.63, 3.8) is 0 Å². The van der Waals surface area contributed by atoms with Crippen LogP contribution in [0.4, 0.5) is 0 Å². The van der Waals surface area contributed by atoms with Crippen LogP contribution in [0.2, 0.25) is 0 Å². The summed E-state index contributed by atoms with van der Waals surface area (Å²) in [5.41, 5.74) is 1.74. The van der Waals surface area contributed by atoms with Gasteiger partial charge in [0.25, 0.3) is 5.91 Å². The van der Waals surface area contributed by atoms with Crippen LogP contribution < -0.4 is 5.32 Å². The first-order chi connectivity index (χ1) is 13.9. The van der Waals surface area contributed by atoms with Gasteiger partial charge >= 0.3 is 0 Å². The van der Waals surface area contributed by atoms with Gasteiger partial charge in [0.05, 0.1) is 5.69 Å².